The monoisotopic (exact) mass is 230 g/mol. The molecule has 1 amide bonds. The summed E-state index contributed by atoms with van der Waals surface area (Å²) >= 11 is 0. The standard InChI is InChI=1S/C14H18N2O/c15-13-4-2-1-3-9(13)8-16-14(17)12-6-10-5-11(10)7-12/h1-4,10-12H,5-8,15H2,(H,16,17). The van der Waals surface area contributed by atoms with Crippen LogP contribution in [0.5, 0.6) is 0 Å². The molecule has 0 saturated heterocycles. The Bertz CT molecular complexity index is 434. The van der Waals surface area contributed by atoms with Gasteiger partial charge in [0.2, 0.25) is 5.91 Å². The minimum atomic E-state index is 0.209. The van der Waals surface area contributed by atoms with Crippen LogP contribution >= 0.6 is 0 Å². The van der Waals surface area contributed by atoms with Gasteiger partial charge in [0.15, 0.2) is 0 Å². The van der Waals surface area contributed by atoms with E-state index in [2.05, 4.69) is 5.32 Å². The number of hydrogen-bond acceptors (Lipinski definition) is 2. The van der Waals surface area contributed by atoms with E-state index in [-0.39, 0.29) is 11.8 Å². The second-order valence-corrected chi connectivity index (χ2v) is 5.34. The number of nitrogens with one attached hydrogen (secondary N) is 1. The van der Waals surface area contributed by atoms with E-state index in [1.54, 1.807) is 0 Å². The summed E-state index contributed by atoms with van der Waals surface area (Å²) in [4.78, 5) is 11.9. The van der Waals surface area contributed by atoms with E-state index >= 15 is 0 Å². The van der Waals surface area contributed by atoms with Gasteiger partial charge < -0.3 is 11.1 Å². The highest BCUT2D eigenvalue weighted by Gasteiger charge is 2.47. The highest BCUT2D eigenvalue weighted by molar-refractivity contribution is 5.79. The van der Waals surface area contributed by atoms with Crippen LogP contribution < -0.4 is 11.1 Å². The summed E-state index contributed by atoms with van der Waals surface area (Å²) in [5.74, 6) is 2.17. The van der Waals surface area contributed by atoms with Crippen molar-refractivity contribution >= 4 is 11.6 Å². The van der Waals surface area contributed by atoms with E-state index in [0.717, 1.165) is 35.9 Å². The SMILES string of the molecule is Nc1ccccc1CNC(=O)C1CC2CC2C1. The van der Waals surface area contributed by atoms with Crippen molar-refractivity contribution < 1.29 is 4.79 Å². The van der Waals surface area contributed by atoms with Gasteiger partial charge in [-0.25, -0.2) is 0 Å². The largest absolute Gasteiger partial charge is 0.398 e. The number of para-hydroxylation sites is 1. The third kappa shape index (κ3) is 2.14. The minimum Gasteiger partial charge on any atom is -0.398 e. The summed E-state index contributed by atoms with van der Waals surface area (Å²) in [6, 6.07) is 7.68. The number of carbonyl (C=O) groups excluding carboxylic acids is 1. The molecule has 0 heterocycles. The van der Waals surface area contributed by atoms with Crippen molar-refractivity contribution in [3.8, 4) is 0 Å². The zero-order valence-electron chi connectivity index (χ0n) is 9.86. The molecule has 90 valence electrons. The van der Waals surface area contributed by atoms with Crippen LogP contribution in [0.3, 0.4) is 0 Å². The summed E-state index contributed by atoms with van der Waals surface area (Å²) in [5, 5.41) is 3.00. The van der Waals surface area contributed by atoms with Gasteiger partial charge in [0.25, 0.3) is 0 Å². The molecule has 0 spiro atoms. The highest BCUT2D eigenvalue weighted by Crippen LogP contribution is 2.54. The predicted molar refractivity (Wildman–Crippen MR) is 67.0 cm³/mol. The van der Waals surface area contributed by atoms with E-state index in [9.17, 15) is 4.79 Å². The van der Waals surface area contributed by atoms with Crippen LogP contribution in [0.15, 0.2) is 24.3 Å². The maximum Gasteiger partial charge on any atom is 0.223 e. The molecular weight excluding hydrogens is 212 g/mol. The quantitative estimate of drug-likeness (QED) is 0.780. The Morgan fingerprint density at radius 2 is 1.94 bits per heavy atom. The zero-order valence-corrected chi connectivity index (χ0v) is 9.86. The molecule has 2 unspecified atom stereocenters. The maximum atomic E-state index is 11.9. The van der Waals surface area contributed by atoms with Gasteiger partial charge in [-0.1, -0.05) is 18.2 Å². The normalized spacial score (nSPS) is 29.8. The number of hydrogen-bond donors (Lipinski definition) is 2. The molecule has 0 aromatic heterocycles. The molecule has 1 aromatic rings. The Labute approximate surface area is 101 Å². The minimum absolute atomic E-state index is 0.209. The van der Waals surface area contributed by atoms with E-state index in [4.69, 9.17) is 5.73 Å². The Balaban J connectivity index is 1.54. The first kappa shape index (κ1) is 10.6. The van der Waals surface area contributed by atoms with Crippen molar-refractivity contribution in [2.45, 2.75) is 25.8 Å². The Morgan fingerprint density at radius 1 is 1.24 bits per heavy atom. The van der Waals surface area contributed by atoms with Crippen LogP contribution in [0.25, 0.3) is 0 Å². The van der Waals surface area contributed by atoms with E-state index in [1.165, 1.54) is 6.42 Å². The van der Waals surface area contributed by atoms with Gasteiger partial charge in [-0.15, -0.1) is 0 Å². The van der Waals surface area contributed by atoms with Crippen LogP contribution in [-0.4, -0.2) is 5.91 Å². The first-order valence-corrected chi connectivity index (χ1v) is 6.35. The molecule has 17 heavy (non-hydrogen) atoms. The molecule has 3 heteroatoms. The molecule has 3 nitrogen and oxygen atoms in total. The zero-order chi connectivity index (χ0) is 11.8. The number of carbonyl (C=O) groups is 1. The van der Waals surface area contributed by atoms with Crippen LogP contribution in [0.1, 0.15) is 24.8 Å². The van der Waals surface area contributed by atoms with Gasteiger partial charge in [0.05, 0.1) is 0 Å². The second-order valence-electron chi connectivity index (χ2n) is 5.34. The molecule has 2 aliphatic carbocycles. The molecule has 2 saturated carbocycles. The average molecular weight is 230 g/mol. The van der Waals surface area contributed by atoms with Crippen molar-refractivity contribution in [1.82, 2.24) is 5.32 Å². The molecule has 2 fully saturated rings. The van der Waals surface area contributed by atoms with Crippen LogP contribution in [0.4, 0.5) is 5.69 Å². The molecule has 3 N–H and O–H groups in total. The Morgan fingerprint density at radius 3 is 2.65 bits per heavy atom. The highest BCUT2D eigenvalue weighted by atomic mass is 16.1. The first-order valence-electron chi connectivity index (χ1n) is 6.35. The molecular formula is C14H18N2O. The van der Waals surface area contributed by atoms with E-state index in [1.807, 2.05) is 24.3 Å². The lowest BCUT2D eigenvalue weighted by molar-refractivity contribution is -0.125. The summed E-state index contributed by atoms with van der Waals surface area (Å²) in [5.41, 5.74) is 7.59. The van der Waals surface area contributed by atoms with Crippen LogP contribution in [0, 0.1) is 17.8 Å². The van der Waals surface area contributed by atoms with Gasteiger partial charge in [-0.2, -0.15) is 0 Å². The fraction of sp³-hybridized carbons (Fsp3) is 0.500. The summed E-state index contributed by atoms with van der Waals surface area (Å²) in [6.45, 7) is 0.553. The lowest BCUT2D eigenvalue weighted by Crippen LogP contribution is -2.29. The van der Waals surface area contributed by atoms with Crippen molar-refractivity contribution in [1.29, 1.82) is 0 Å². The number of nitrogen functional groups attached to an aromatic ring is 1. The van der Waals surface area contributed by atoms with E-state index in [0.29, 0.717) is 6.54 Å². The van der Waals surface area contributed by atoms with Crippen molar-refractivity contribution in [2.24, 2.45) is 17.8 Å². The molecule has 2 aliphatic rings. The topological polar surface area (TPSA) is 55.1 Å². The first-order chi connectivity index (χ1) is 8.24. The summed E-state index contributed by atoms with van der Waals surface area (Å²) in [6.07, 6.45) is 3.55. The number of rotatable bonds is 3. The van der Waals surface area contributed by atoms with Crippen molar-refractivity contribution in [2.75, 3.05) is 5.73 Å². The van der Waals surface area contributed by atoms with Gasteiger partial charge in [-0.05, 0) is 42.7 Å². The van der Waals surface area contributed by atoms with Crippen molar-refractivity contribution in [3.05, 3.63) is 29.8 Å². The number of anilines is 1. The van der Waals surface area contributed by atoms with Crippen molar-refractivity contribution in [3.63, 3.8) is 0 Å². The molecule has 2 atom stereocenters. The van der Waals surface area contributed by atoms with Gasteiger partial charge in [0, 0.05) is 18.2 Å². The van der Waals surface area contributed by atoms with Gasteiger partial charge in [-0.3, -0.25) is 4.79 Å². The number of fused-ring (bicyclic) bond motifs is 1. The third-order valence-corrected chi connectivity index (χ3v) is 4.12. The molecule has 0 aliphatic heterocycles. The summed E-state index contributed by atoms with van der Waals surface area (Å²) in [7, 11) is 0. The Hall–Kier alpha value is -1.51. The number of nitrogens with two attached hydrogens (primary N) is 1. The van der Waals surface area contributed by atoms with Gasteiger partial charge in [0.1, 0.15) is 0 Å². The predicted octanol–water partition coefficient (Wildman–Crippen LogP) is 1.93. The third-order valence-electron chi connectivity index (χ3n) is 4.12. The fourth-order valence-electron chi connectivity index (χ4n) is 2.95. The summed E-state index contributed by atoms with van der Waals surface area (Å²) < 4.78 is 0. The smallest absolute Gasteiger partial charge is 0.223 e. The second kappa shape index (κ2) is 4.06. The van der Waals surface area contributed by atoms with Gasteiger partial charge >= 0.3 is 0 Å². The van der Waals surface area contributed by atoms with Crippen LogP contribution in [0.2, 0.25) is 0 Å². The molecule has 0 radical (unpaired) electrons. The van der Waals surface area contributed by atoms with E-state index < -0.39 is 0 Å². The lowest BCUT2D eigenvalue weighted by Gasteiger charge is -2.13. The molecule has 1 aromatic carbocycles. The average Bonchev–Trinajstić information content (AvgIpc) is 2.95. The fourth-order valence-corrected chi connectivity index (χ4v) is 2.95. The van der Waals surface area contributed by atoms with Crippen LogP contribution in [-0.2, 0) is 11.3 Å². The lowest BCUT2D eigenvalue weighted by atomic mass is 10.0. The Kier molecular flexibility index (Phi) is 2.54. The number of benzene rings is 1. The molecule has 0 bridgehead atoms. The number of amides is 1. The molecule has 3 rings (SSSR count). The maximum absolute atomic E-state index is 11.9.